The maximum atomic E-state index is 12.7. The molecule has 2 fully saturated rings. The minimum atomic E-state index is -0.561. The molecule has 0 saturated carbocycles. The van der Waals surface area contributed by atoms with E-state index in [4.69, 9.17) is 10.5 Å². The molecular weight excluding hydrogens is 266 g/mol. The number of rotatable bonds is 2. The number of ether oxygens (including phenoxy) is 1. The van der Waals surface area contributed by atoms with Crippen LogP contribution < -0.4 is 10.6 Å². The number of nitrogens with two attached hydrogens (primary N) is 1. The number of carbonyl (C=O) groups excluding carboxylic acids is 1. The Morgan fingerprint density at radius 2 is 1.90 bits per heavy atom. The Labute approximate surface area is 125 Å². The van der Waals surface area contributed by atoms with E-state index in [-0.39, 0.29) is 11.9 Å². The first-order chi connectivity index (χ1) is 10.1. The van der Waals surface area contributed by atoms with E-state index in [2.05, 4.69) is 17.0 Å². The molecule has 2 heterocycles. The van der Waals surface area contributed by atoms with Gasteiger partial charge in [0.15, 0.2) is 0 Å². The van der Waals surface area contributed by atoms with E-state index < -0.39 is 5.41 Å². The standard InChI is InChI=1S/C16H23N3O2/c1-16(12-21-11-14(16)17)15(20)19-9-7-18(8-10-19)13-5-3-2-4-6-13/h2-6,14H,7-12,17H2,1H3. The highest BCUT2D eigenvalue weighted by Crippen LogP contribution is 2.30. The van der Waals surface area contributed by atoms with E-state index in [9.17, 15) is 4.79 Å². The van der Waals surface area contributed by atoms with Crippen molar-refractivity contribution in [3.63, 3.8) is 0 Å². The first-order valence-corrected chi connectivity index (χ1v) is 7.54. The molecule has 1 amide bonds. The van der Waals surface area contributed by atoms with E-state index >= 15 is 0 Å². The molecule has 5 nitrogen and oxygen atoms in total. The van der Waals surface area contributed by atoms with Crippen LogP contribution in [-0.2, 0) is 9.53 Å². The topological polar surface area (TPSA) is 58.8 Å². The monoisotopic (exact) mass is 289 g/mol. The maximum absolute atomic E-state index is 12.7. The second kappa shape index (κ2) is 5.66. The number of hydrogen-bond donors (Lipinski definition) is 1. The summed E-state index contributed by atoms with van der Waals surface area (Å²) in [5.41, 5.74) is 6.71. The third-order valence-corrected chi connectivity index (χ3v) is 4.69. The molecule has 5 heteroatoms. The van der Waals surface area contributed by atoms with Crippen molar-refractivity contribution in [2.24, 2.45) is 11.1 Å². The van der Waals surface area contributed by atoms with Gasteiger partial charge in [-0.3, -0.25) is 4.79 Å². The van der Waals surface area contributed by atoms with Crippen molar-refractivity contribution in [3.05, 3.63) is 30.3 Å². The van der Waals surface area contributed by atoms with Crippen LogP contribution in [0.4, 0.5) is 5.69 Å². The third kappa shape index (κ3) is 2.63. The summed E-state index contributed by atoms with van der Waals surface area (Å²) in [6, 6.07) is 10.1. The molecule has 21 heavy (non-hydrogen) atoms. The van der Waals surface area contributed by atoms with E-state index in [1.54, 1.807) is 0 Å². The molecule has 2 saturated heterocycles. The highest BCUT2D eigenvalue weighted by molar-refractivity contribution is 5.84. The number of benzene rings is 1. The molecule has 2 aliphatic heterocycles. The van der Waals surface area contributed by atoms with Gasteiger partial charge >= 0.3 is 0 Å². The second-order valence-electron chi connectivity index (χ2n) is 6.15. The van der Waals surface area contributed by atoms with Crippen molar-refractivity contribution in [1.29, 1.82) is 0 Å². The van der Waals surface area contributed by atoms with Crippen molar-refractivity contribution in [2.45, 2.75) is 13.0 Å². The zero-order chi connectivity index (χ0) is 14.9. The normalized spacial score (nSPS) is 29.7. The molecule has 1 aromatic rings. The minimum Gasteiger partial charge on any atom is -0.379 e. The van der Waals surface area contributed by atoms with Crippen molar-refractivity contribution in [2.75, 3.05) is 44.3 Å². The number of nitrogens with zero attached hydrogens (tertiary/aromatic N) is 2. The number of anilines is 1. The Morgan fingerprint density at radius 1 is 1.24 bits per heavy atom. The molecule has 3 rings (SSSR count). The van der Waals surface area contributed by atoms with Gasteiger partial charge < -0.3 is 20.3 Å². The molecule has 0 aliphatic carbocycles. The summed E-state index contributed by atoms with van der Waals surface area (Å²) in [7, 11) is 0. The fraction of sp³-hybridized carbons (Fsp3) is 0.562. The van der Waals surface area contributed by atoms with Crippen LogP contribution in [0.1, 0.15) is 6.92 Å². The summed E-state index contributed by atoms with van der Waals surface area (Å²) in [6.07, 6.45) is 0. The van der Waals surface area contributed by atoms with Crippen LogP contribution in [0.25, 0.3) is 0 Å². The molecule has 0 aromatic heterocycles. The summed E-state index contributed by atoms with van der Waals surface area (Å²) in [6.45, 7) is 6.06. The highest BCUT2D eigenvalue weighted by atomic mass is 16.5. The molecular formula is C16H23N3O2. The van der Waals surface area contributed by atoms with E-state index in [1.807, 2.05) is 30.0 Å². The molecule has 114 valence electrons. The lowest BCUT2D eigenvalue weighted by atomic mass is 9.84. The zero-order valence-electron chi connectivity index (χ0n) is 12.5. The molecule has 1 aromatic carbocycles. The van der Waals surface area contributed by atoms with E-state index in [1.165, 1.54) is 5.69 Å². The minimum absolute atomic E-state index is 0.139. The molecule has 2 unspecified atom stereocenters. The summed E-state index contributed by atoms with van der Waals surface area (Å²) >= 11 is 0. The van der Waals surface area contributed by atoms with E-state index in [0.717, 1.165) is 26.2 Å². The van der Waals surface area contributed by atoms with E-state index in [0.29, 0.717) is 13.2 Å². The largest absolute Gasteiger partial charge is 0.379 e. The van der Waals surface area contributed by atoms with Gasteiger partial charge in [-0.15, -0.1) is 0 Å². The van der Waals surface area contributed by atoms with Gasteiger partial charge in [0.05, 0.1) is 18.6 Å². The average molecular weight is 289 g/mol. The first kappa shape index (κ1) is 14.4. The Balaban J connectivity index is 1.62. The Kier molecular flexibility index (Phi) is 3.87. The molecule has 0 radical (unpaired) electrons. The average Bonchev–Trinajstić information content (AvgIpc) is 2.88. The lowest BCUT2D eigenvalue weighted by Gasteiger charge is -2.40. The Bertz CT molecular complexity index is 500. The van der Waals surface area contributed by atoms with Crippen molar-refractivity contribution >= 4 is 11.6 Å². The summed E-state index contributed by atoms with van der Waals surface area (Å²) in [5, 5.41) is 0. The lowest BCUT2D eigenvalue weighted by molar-refractivity contribution is -0.142. The SMILES string of the molecule is CC1(C(=O)N2CCN(c3ccccc3)CC2)COCC1N. The van der Waals surface area contributed by atoms with Gasteiger partial charge in [0.1, 0.15) is 0 Å². The van der Waals surface area contributed by atoms with Crippen LogP contribution in [0.3, 0.4) is 0 Å². The molecule has 0 bridgehead atoms. The molecule has 2 aliphatic rings. The van der Waals surface area contributed by atoms with Crippen molar-refractivity contribution in [3.8, 4) is 0 Å². The smallest absolute Gasteiger partial charge is 0.232 e. The number of piperazine rings is 1. The fourth-order valence-electron chi connectivity index (χ4n) is 3.08. The van der Waals surface area contributed by atoms with Crippen LogP contribution in [-0.4, -0.2) is 56.2 Å². The number of carbonyl (C=O) groups is 1. The molecule has 2 N–H and O–H groups in total. The van der Waals surface area contributed by atoms with Crippen LogP contribution in [0.5, 0.6) is 0 Å². The van der Waals surface area contributed by atoms with Gasteiger partial charge in [-0.25, -0.2) is 0 Å². The van der Waals surface area contributed by atoms with Gasteiger partial charge in [0, 0.05) is 37.9 Å². The highest BCUT2D eigenvalue weighted by Gasteiger charge is 2.46. The maximum Gasteiger partial charge on any atom is 0.232 e. The Hall–Kier alpha value is -1.59. The van der Waals surface area contributed by atoms with Crippen molar-refractivity contribution in [1.82, 2.24) is 4.90 Å². The van der Waals surface area contributed by atoms with Crippen LogP contribution in [0, 0.1) is 5.41 Å². The van der Waals surface area contributed by atoms with Gasteiger partial charge in [-0.2, -0.15) is 0 Å². The van der Waals surface area contributed by atoms with Crippen LogP contribution >= 0.6 is 0 Å². The quantitative estimate of drug-likeness (QED) is 0.870. The van der Waals surface area contributed by atoms with Gasteiger partial charge in [-0.1, -0.05) is 18.2 Å². The van der Waals surface area contributed by atoms with Gasteiger partial charge in [0.2, 0.25) is 5.91 Å². The number of para-hydroxylation sites is 1. The zero-order valence-corrected chi connectivity index (χ0v) is 12.5. The second-order valence-corrected chi connectivity index (χ2v) is 6.15. The summed E-state index contributed by atoms with van der Waals surface area (Å²) in [4.78, 5) is 17.0. The predicted octanol–water partition coefficient (Wildman–Crippen LogP) is 0.699. The third-order valence-electron chi connectivity index (χ3n) is 4.69. The van der Waals surface area contributed by atoms with Crippen LogP contribution in [0.15, 0.2) is 30.3 Å². The molecule has 2 atom stereocenters. The van der Waals surface area contributed by atoms with Gasteiger partial charge in [-0.05, 0) is 19.1 Å². The first-order valence-electron chi connectivity index (χ1n) is 7.54. The van der Waals surface area contributed by atoms with Crippen LogP contribution in [0.2, 0.25) is 0 Å². The fourth-order valence-corrected chi connectivity index (χ4v) is 3.08. The number of amides is 1. The van der Waals surface area contributed by atoms with Crippen molar-refractivity contribution < 1.29 is 9.53 Å². The summed E-state index contributed by atoms with van der Waals surface area (Å²) < 4.78 is 5.39. The molecule has 0 spiro atoms. The number of hydrogen-bond acceptors (Lipinski definition) is 4. The predicted molar refractivity (Wildman–Crippen MR) is 82.1 cm³/mol. The summed E-state index contributed by atoms with van der Waals surface area (Å²) in [5.74, 6) is 0.139. The Morgan fingerprint density at radius 3 is 2.48 bits per heavy atom. The lowest BCUT2D eigenvalue weighted by Crippen LogP contribution is -2.56. The van der Waals surface area contributed by atoms with Gasteiger partial charge in [0.25, 0.3) is 0 Å².